The molecule has 0 unspecified atom stereocenters. The number of rotatable bonds is 6. The third kappa shape index (κ3) is 5.55. The van der Waals surface area contributed by atoms with Crippen molar-refractivity contribution in [2.45, 2.75) is 13.0 Å². The van der Waals surface area contributed by atoms with Gasteiger partial charge in [-0.1, -0.05) is 29.8 Å². The molecule has 0 radical (unpaired) electrons. The maximum absolute atomic E-state index is 12.8. The van der Waals surface area contributed by atoms with E-state index in [9.17, 15) is 9.59 Å². The van der Waals surface area contributed by atoms with Crippen LogP contribution in [-0.2, 0) is 4.74 Å². The summed E-state index contributed by atoms with van der Waals surface area (Å²) < 4.78 is 5.42. The van der Waals surface area contributed by atoms with Crippen molar-refractivity contribution in [2.75, 3.05) is 38.2 Å². The second-order valence-electron chi connectivity index (χ2n) is 6.92. The van der Waals surface area contributed by atoms with Gasteiger partial charge in [0.15, 0.2) is 0 Å². The quantitative estimate of drug-likeness (QED) is 0.714. The number of hydrogen-bond donors (Lipinski definition) is 3. The van der Waals surface area contributed by atoms with E-state index in [-0.39, 0.29) is 11.9 Å². The van der Waals surface area contributed by atoms with Crippen LogP contribution < -0.4 is 16.4 Å². The molecule has 1 atom stereocenters. The highest BCUT2D eigenvalue weighted by Gasteiger charge is 2.21. The maximum Gasteiger partial charge on any atom is 0.316 e. The number of urea groups is 1. The van der Waals surface area contributed by atoms with Crippen molar-refractivity contribution in [3.8, 4) is 0 Å². The smallest absolute Gasteiger partial charge is 0.316 e. The predicted octanol–water partition coefficient (Wildman–Crippen LogP) is 2.29. The van der Waals surface area contributed by atoms with Crippen molar-refractivity contribution in [3.05, 3.63) is 65.2 Å². The van der Waals surface area contributed by atoms with Crippen molar-refractivity contribution in [2.24, 2.45) is 5.73 Å². The van der Waals surface area contributed by atoms with E-state index in [2.05, 4.69) is 39.8 Å². The SMILES string of the molecule is Cc1ccc([C@H](CN2CCOCC2)NC(=O)c2ccc(NC(N)=O)cc2)cc1. The molecule has 7 heteroatoms. The summed E-state index contributed by atoms with van der Waals surface area (Å²) in [7, 11) is 0. The van der Waals surface area contributed by atoms with Crippen LogP contribution >= 0.6 is 0 Å². The molecule has 7 nitrogen and oxygen atoms in total. The van der Waals surface area contributed by atoms with Crippen LogP contribution in [-0.4, -0.2) is 49.7 Å². The first-order chi connectivity index (χ1) is 13.5. The second-order valence-corrected chi connectivity index (χ2v) is 6.92. The van der Waals surface area contributed by atoms with Gasteiger partial charge in [-0.25, -0.2) is 4.79 Å². The van der Waals surface area contributed by atoms with Crippen LogP contribution in [0.5, 0.6) is 0 Å². The Morgan fingerprint density at radius 1 is 1.07 bits per heavy atom. The van der Waals surface area contributed by atoms with Gasteiger partial charge in [-0.3, -0.25) is 9.69 Å². The Morgan fingerprint density at radius 2 is 1.71 bits per heavy atom. The van der Waals surface area contributed by atoms with Crippen LogP contribution in [0.4, 0.5) is 10.5 Å². The molecule has 1 heterocycles. The number of nitrogens with one attached hydrogen (secondary N) is 2. The minimum atomic E-state index is -0.637. The molecule has 0 bridgehead atoms. The Balaban J connectivity index is 1.72. The highest BCUT2D eigenvalue weighted by Crippen LogP contribution is 2.18. The van der Waals surface area contributed by atoms with Crippen LogP contribution in [0.15, 0.2) is 48.5 Å². The molecule has 1 saturated heterocycles. The molecule has 0 aromatic heterocycles. The average Bonchev–Trinajstić information content (AvgIpc) is 2.69. The zero-order chi connectivity index (χ0) is 19.9. The third-order valence-corrected chi connectivity index (χ3v) is 4.74. The van der Waals surface area contributed by atoms with Crippen molar-refractivity contribution >= 4 is 17.6 Å². The number of morpholine rings is 1. The Kier molecular flexibility index (Phi) is 6.62. The highest BCUT2D eigenvalue weighted by atomic mass is 16.5. The first-order valence-electron chi connectivity index (χ1n) is 9.35. The molecule has 1 fully saturated rings. The predicted molar refractivity (Wildman–Crippen MR) is 108 cm³/mol. The van der Waals surface area contributed by atoms with Gasteiger partial charge in [0, 0.05) is 30.9 Å². The minimum Gasteiger partial charge on any atom is -0.379 e. The number of ether oxygens (including phenoxy) is 1. The molecule has 0 aliphatic carbocycles. The van der Waals surface area contributed by atoms with Crippen LogP contribution in [0.2, 0.25) is 0 Å². The fraction of sp³-hybridized carbons (Fsp3) is 0.333. The number of nitrogens with zero attached hydrogens (tertiary/aromatic N) is 1. The number of nitrogens with two attached hydrogens (primary N) is 1. The number of primary amides is 1. The molecule has 0 spiro atoms. The first kappa shape index (κ1) is 19.9. The molecular formula is C21H26N4O3. The summed E-state index contributed by atoms with van der Waals surface area (Å²) in [5, 5.41) is 5.63. The summed E-state index contributed by atoms with van der Waals surface area (Å²) in [4.78, 5) is 26.0. The average molecular weight is 382 g/mol. The molecule has 28 heavy (non-hydrogen) atoms. The van der Waals surface area contributed by atoms with E-state index in [1.165, 1.54) is 5.56 Å². The van der Waals surface area contributed by atoms with E-state index in [0.717, 1.165) is 25.2 Å². The van der Waals surface area contributed by atoms with Gasteiger partial charge in [-0.2, -0.15) is 0 Å². The molecule has 3 rings (SSSR count). The molecule has 3 amide bonds. The number of carbonyl (C=O) groups excluding carboxylic acids is 2. The van der Waals surface area contributed by atoms with Gasteiger partial charge in [0.1, 0.15) is 0 Å². The van der Waals surface area contributed by atoms with E-state index >= 15 is 0 Å². The topological polar surface area (TPSA) is 96.7 Å². The number of benzene rings is 2. The van der Waals surface area contributed by atoms with Gasteiger partial charge < -0.3 is 21.1 Å². The van der Waals surface area contributed by atoms with Crippen molar-refractivity contribution in [1.29, 1.82) is 0 Å². The third-order valence-electron chi connectivity index (χ3n) is 4.74. The summed E-state index contributed by atoms with van der Waals surface area (Å²) in [5.41, 5.74) is 8.43. The van der Waals surface area contributed by atoms with Gasteiger partial charge in [-0.05, 0) is 36.8 Å². The zero-order valence-electron chi connectivity index (χ0n) is 16.0. The molecule has 2 aromatic carbocycles. The van der Waals surface area contributed by atoms with Crippen molar-refractivity contribution in [3.63, 3.8) is 0 Å². The standard InChI is InChI=1S/C21H26N4O3/c1-15-2-4-16(5-3-15)19(14-25-10-12-28-13-11-25)24-20(26)17-6-8-18(9-7-17)23-21(22)27/h2-9,19H,10-14H2,1H3,(H,24,26)(H3,22,23,27)/t19-/m0/s1. The minimum absolute atomic E-state index is 0.130. The summed E-state index contributed by atoms with van der Waals surface area (Å²) in [6.07, 6.45) is 0. The fourth-order valence-electron chi connectivity index (χ4n) is 3.16. The second kappa shape index (κ2) is 9.34. The van der Waals surface area contributed by atoms with Crippen molar-refractivity contribution in [1.82, 2.24) is 10.2 Å². The van der Waals surface area contributed by atoms with Crippen LogP contribution in [0, 0.1) is 6.92 Å². The lowest BCUT2D eigenvalue weighted by molar-refractivity contribution is 0.0332. The van der Waals surface area contributed by atoms with Crippen LogP contribution in [0.3, 0.4) is 0 Å². The summed E-state index contributed by atoms with van der Waals surface area (Å²) in [5.74, 6) is -0.163. The lowest BCUT2D eigenvalue weighted by atomic mass is 10.0. The summed E-state index contributed by atoms with van der Waals surface area (Å²) in [6.45, 7) is 5.89. The number of aryl methyl sites for hydroxylation is 1. The maximum atomic E-state index is 12.8. The number of amides is 3. The Bertz CT molecular complexity index is 799. The largest absolute Gasteiger partial charge is 0.379 e. The molecule has 1 aliphatic rings. The highest BCUT2D eigenvalue weighted by molar-refractivity contribution is 5.95. The Labute approximate surface area is 164 Å². The molecule has 1 aliphatic heterocycles. The lowest BCUT2D eigenvalue weighted by Crippen LogP contribution is -2.43. The van der Waals surface area contributed by atoms with E-state index in [1.54, 1.807) is 24.3 Å². The molecule has 4 N–H and O–H groups in total. The molecule has 2 aromatic rings. The fourth-order valence-corrected chi connectivity index (χ4v) is 3.16. The van der Waals surface area contributed by atoms with Crippen LogP contribution in [0.1, 0.15) is 27.5 Å². The number of carbonyl (C=O) groups is 2. The van der Waals surface area contributed by atoms with Crippen molar-refractivity contribution < 1.29 is 14.3 Å². The van der Waals surface area contributed by atoms with E-state index in [1.807, 2.05) is 6.92 Å². The summed E-state index contributed by atoms with van der Waals surface area (Å²) >= 11 is 0. The lowest BCUT2D eigenvalue weighted by Gasteiger charge is -2.31. The van der Waals surface area contributed by atoms with Gasteiger partial charge in [0.05, 0.1) is 19.3 Å². The van der Waals surface area contributed by atoms with Gasteiger partial charge in [0.25, 0.3) is 5.91 Å². The van der Waals surface area contributed by atoms with Crippen LogP contribution in [0.25, 0.3) is 0 Å². The molecule has 148 valence electrons. The first-order valence-corrected chi connectivity index (χ1v) is 9.35. The molecular weight excluding hydrogens is 356 g/mol. The number of hydrogen-bond acceptors (Lipinski definition) is 4. The molecule has 0 saturated carbocycles. The number of anilines is 1. The van der Waals surface area contributed by atoms with Gasteiger partial charge in [0.2, 0.25) is 0 Å². The summed E-state index contributed by atoms with van der Waals surface area (Å²) in [6, 6.07) is 14.1. The monoisotopic (exact) mass is 382 g/mol. The Hall–Kier alpha value is -2.90. The van der Waals surface area contributed by atoms with Gasteiger partial charge >= 0.3 is 6.03 Å². The zero-order valence-corrected chi connectivity index (χ0v) is 16.0. The normalized spacial score (nSPS) is 15.6. The van der Waals surface area contributed by atoms with Gasteiger partial charge in [-0.15, -0.1) is 0 Å². The van der Waals surface area contributed by atoms with E-state index in [0.29, 0.717) is 24.5 Å². The Morgan fingerprint density at radius 3 is 2.32 bits per heavy atom. The van der Waals surface area contributed by atoms with E-state index < -0.39 is 6.03 Å². The van der Waals surface area contributed by atoms with E-state index in [4.69, 9.17) is 10.5 Å².